The molecule has 3 heteroatoms. The zero-order valence-electron chi connectivity index (χ0n) is 14.1. The van der Waals surface area contributed by atoms with E-state index in [1.54, 1.807) is 0 Å². The summed E-state index contributed by atoms with van der Waals surface area (Å²) < 4.78 is 0. The highest BCUT2D eigenvalue weighted by Crippen LogP contribution is 2.48. The molecule has 22 heavy (non-hydrogen) atoms. The second kappa shape index (κ2) is 5.95. The molecule has 1 saturated carbocycles. The molecule has 1 aromatic rings. The number of hydroxylamine groups is 2. The van der Waals surface area contributed by atoms with Gasteiger partial charge in [-0.05, 0) is 52.0 Å². The summed E-state index contributed by atoms with van der Waals surface area (Å²) in [6.07, 6.45) is 6.19. The summed E-state index contributed by atoms with van der Waals surface area (Å²) in [6, 6.07) is 10.4. The third-order valence-electron chi connectivity index (χ3n) is 5.40. The molecule has 1 spiro atoms. The highest BCUT2D eigenvalue weighted by atomic mass is 16.7. The van der Waals surface area contributed by atoms with Crippen LogP contribution in [0.4, 0.5) is 0 Å². The van der Waals surface area contributed by atoms with Crippen molar-refractivity contribution in [1.82, 2.24) is 5.06 Å². The van der Waals surface area contributed by atoms with Crippen molar-refractivity contribution >= 4 is 0 Å². The molecule has 1 N–H and O–H groups in total. The molecule has 2 aliphatic rings. The third-order valence-corrected chi connectivity index (χ3v) is 5.40. The van der Waals surface area contributed by atoms with Crippen molar-refractivity contribution in [1.29, 1.82) is 0 Å². The van der Waals surface area contributed by atoms with E-state index in [2.05, 4.69) is 50.1 Å². The molecular formula is C19H29NO2. The van der Waals surface area contributed by atoms with Crippen molar-refractivity contribution in [3.63, 3.8) is 0 Å². The lowest BCUT2D eigenvalue weighted by Gasteiger charge is -2.55. The molecule has 0 radical (unpaired) electrons. The minimum atomic E-state index is -0.208. The smallest absolute Gasteiger partial charge is 0.102 e. The van der Waals surface area contributed by atoms with Crippen LogP contribution in [0, 0.1) is 0 Å². The van der Waals surface area contributed by atoms with Crippen molar-refractivity contribution in [2.75, 3.05) is 0 Å². The molecule has 1 aliphatic carbocycles. The third kappa shape index (κ3) is 2.94. The Balaban J connectivity index is 1.85. The van der Waals surface area contributed by atoms with Crippen LogP contribution in [-0.2, 0) is 4.84 Å². The first-order chi connectivity index (χ1) is 10.4. The van der Waals surface area contributed by atoms with Crippen LogP contribution >= 0.6 is 0 Å². The van der Waals surface area contributed by atoms with Crippen LogP contribution in [0.3, 0.4) is 0 Å². The van der Waals surface area contributed by atoms with Crippen LogP contribution in [0.1, 0.15) is 71.0 Å². The number of hydrogen-bond acceptors (Lipinski definition) is 3. The zero-order chi connectivity index (χ0) is 15.8. The highest BCUT2D eigenvalue weighted by molar-refractivity contribution is 5.17. The molecule has 1 heterocycles. The number of hydrogen-bond donors (Lipinski definition) is 1. The molecular weight excluding hydrogens is 274 g/mol. The molecule has 1 saturated heterocycles. The number of rotatable bonds is 3. The van der Waals surface area contributed by atoms with Gasteiger partial charge in [-0.2, -0.15) is 5.06 Å². The molecule has 2 atom stereocenters. The summed E-state index contributed by atoms with van der Waals surface area (Å²) in [5.41, 5.74) is 1.09. The fraction of sp³-hybridized carbons (Fsp3) is 0.684. The fourth-order valence-corrected chi connectivity index (χ4v) is 4.53. The Morgan fingerprint density at radius 3 is 2.41 bits per heavy atom. The van der Waals surface area contributed by atoms with Crippen molar-refractivity contribution in [2.24, 2.45) is 0 Å². The molecule has 2 fully saturated rings. The van der Waals surface area contributed by atoms with Gasteiger partial charge in [0.15, 0.2) is 0 Å². The quantitative estimate of drug-likeness (QED) is 0.907. The number of nitrogens with zero attached hydrogens (tertiary/aromatic N) is 1. The lowest BCUT2D eigenvalue weighted by Crippen LogP contribution is -2.63. The van der Waals surface area contributed by atoms with Gasteiger partial charge in [0.2, 0.25) is 0 Å². The topological polar surface area (TPSA) is 32.7 Å². The normalized spacial score (nSPS) is 28.8. The van der Waals surface area contributed by atoms with Crippen LogP contribution in [-0.4, -0.2) is 27.4 Å². The first-order valence-electron chi connectivity index (χ1n) is 8.63. The first-order valence-corrected chi connectivity index (χ1v) is 8.63. The van der Waals surface area contributed by atoms with E-state index < -0.39 is 0 Å². The summed E-state index contributed by atoms with van der Waals surface area (Å²) in [4.78, 5) is 6.50. The van der Waals surface area contributed by atoms with E-state index in [0.29, 0.717) is 0 Å². The summed E-state index contributed by atoms with van der Waals surface area (Å²) in [7, 11) is 0. The van der Waals surface area contributed by atoms with E-state index in [1.807, 2.05) is 6.07 Å². The summed E-state index contributed by atoms with van der Waals surface area (Å²) in [5.74, 6) is 0. The van der Waals surface area contributed by atoms with Gasteiger partial charge in [-0.3, -0.25) is 4.84 Å². The molecule has 0 amide bonds. The average Bonchev–Trinajstić information content (AvgIpc) is 2.92. The molecule has 0 bridgehead atoms. The molecule has 3 nitrogen and oxygen atoms in total. The second-order valence-corrected chi connectivity index (χ2v) is 7.76. The standard InChI is InChI=1S/C19H29NO2/c1-15(16-9-5-4-6-10-16)22-20-18(2,3)13-17(21)14-19(20)11-7-8-12-19/h4-6,9-10,15,17,21H,7-8,11-14H2,1-3H3. The predicted molar refractivity (Wildman–Crippen MR) is 88.3 cm³/mol. The predicted octanol–water partition coefficient (Wildman–Crippen LogP) is 4.23. The summed E-state index contributed by atoms with van der Waals surface area (Å²) >= 11 is 0. The van der Waals surface area contributed by atoms with Gasteiger partial charge in [-0.25, -0.2) is 0 Å². The van der Waals surface area contributed by atoms with Gasteiger partial charge < -0.3 is 5.11 Å². The van der Waals surface area contributed by atoms with E-state index in [4.69, 9.17) is 4.84 Å². The van der Waals surface area contributed by atoms with Crippen LogP contribution in [0.2, 0.25) is 0 Å². The maximum Gasteiger partial charge on any atom is 0.102 e. The largest absolute Gasteiger partial charge is 0.393 e. The Bertz CT molecular complexity index is 493. The van der Waals surface area contributed by atoms with Gasteiger partial charge in [0, 0.05) is 11.1 Å². The minimum Gasteiger partial charge on any atom is -0.393 e. The van der Waals surface area contributed by atoms with Crippen LogP contribution < -0.4 is 0 Å². The molecule has 0 aromatic heterocycles. The van der Waals surface area contributed by atoms with E-state index in [1.165, 1.54) is 18.4 Å². The van der Waals surface area contributed by atoms with Gasteiger partial charge >= 0.3 is 0 Å². The van der Waals surface area contributed by atoms with E-state index in [-0.39, 0.29) is 23.3 Å². The van der Waals surface area contributed by atoms with Gasteiger partial charge in [0.05, 0.1) is 6.10 Å². The average molecular weight is 303 g/mol. The van der Waals surface area contributed by atoms with Crippen molar-refractivity contribution in [3.05, 3.63) is 35.9 Å². The molecule has 1 aromatic carbocycles. The minimum absolute atomic E-state index is 0.0181. The van der Waals surface area contributed by atoms with E-state index in [0.717, 1.165) is 25.7 Å². The van der Waals surface area contributed by atoms with Gasteiger partial charge in [-0.15, -0.1) is 0 Å². The second-order valence-electron chi connectivity index (χ2n) is 7.76. The van der Waals surface area contributed by atoms with Crippen LogP contribution in [0.25, 0.3) is 0 Å². The fourth-order valence-electron chi connectivity index (χ4n) is 4.53. The monoisotopic (exact) mass is 303 g/mol. The molecule has 2 unspecified atom stereocenters. The van der Waals surface area contributed by atoms with Gasteiger partial charge in [-0.1, -0.05) is 43.2 Å². The van der Waals surface area contributed by atoms with Gasteiger partial charge in [0.1, 0.15) is 6.10 Å². The Morgan fingerprint density at radius 2 is 1.77 bits per heavy atom. The van der Waals surface area contributed by atoms with Crippen LogP contribution in [0.15, 0.2) is 30.3 Å². The number of piperidine rings is 1. The lowest BCUT2D eigenvalue weighted by molar-refractivity contribution is -0.320. The van der Waals surface area contributed by atoms with Crippen molar-refractivity contribution < 1.29 is 9.94 Å². The molecule has 122 valence electrons. The molecule has 1 aliphatic heterocycles. The maximum absolute atomic E-state index is 10.4. The zero-order valence-corrected chi connectivity index (χ0v) is 14.1. The first kappa shape index (κ1) is 16.0. The maximum atomic E-state index is 10.4. The van der Waals surface area contributed by atoms with Crippen molar-refractivity contribution in [2.45, 2.75) is 82.6 Å². The van der Waals surface area contributed by atoms with Crippen LogP contribution in [0.5, 0.6) is 0 Å². The van der Waals surface area contributed by atoms with Crippen molar-refractivity contribution in [3.8, 4) is 0 Å². The van der Waals surface area contributed by atoms with E-state index in [9.17, 15) is 5.11 Å². The number of aliphatic hydroxyl groups is 1. The van der Waals surface area contributed by atoms with E-state index >= 15 is 0 Å². The SMILES string of the molecule is CC(ON1C(C)(C)CC(O)CC12CCCC2)c1ccccc1. The molecule has 3 rings (SSSR count). The summed E-state index contributed by atoms with van der Waals surface area (Å²) in [5, 5.41) is 12.6. The Hall–Kier alpha value is -0.900. The number of aliphatic hydroxyl groups excluding tert-OH is 1. The summed E-state index contributed by atoms with van der Waals surface area (Å²) in [6.45, 7) is 6.53. The van der Waals surface area contributed by atoms with Gasteiger partial charge in [0.25, 0.3) is 0 Å². The Labute approximate surface area is 134 Å². The Kier molecular flexibility index (Phi) is 4.32. The Morgan fingerprint density at radius 1 is 1.14 bits per heavy atom. The highest BCUT2D eigenvalue weighted by Gasteiger charge is 2.52. The number of benzene rings is 1. The lowest BCUT2D eigenvalue weighted by atomic mass is 9.77.